The highest BCUT2D eigenvalue weighted by atomic mass is 32.2. The third-order valence-electron chi connectivity index (χ3n) is 3.88. The number of anilines is 1. The largest absolute Gasteiger partial charge is 0.468 e. The maximum atomic E-state index is 12.3. The van der Waals surface area contributed by atoms with Crippen molar-refractivity contribution < 1.29 is 17.6 Å². The Morgan fingerprint density at radius 1 is 1.19 bits per heavy atom. The quantitative estimate of drug-likeness (QED) is 0.687. The molecule has 0 saturated carbocycles. The standard InChI is InChI=1S/C18H19N3O4S/c1-26(23,24)21(13-15-7-4-12-25-15)11-9-17(22)20-16-8-2-5-14-6-3-10-19-18(14)16/h2-8,10,12H,9,11,13H2,1H3,(H,20,22). The van der Waals surface area contributed by atoms with Gasteiger partial charge in [0, 0.05) is 24.5 Å². The van der Waals surface area contributed by atoms with Crippen molar-refractivity contribution in [2.45, 2.75) is 13.0 Å². The molecule has 1 amide bonds. The molecular formula is C18H19N3O4S. The van der Waals surface area contributed by atoms with E-state index in [0.717, 1.165) is 11.6 Å². The minimum atomic E-state index is -3.46. The zero-order valence-electron chi connectivity index (χ0n) is 14.3. The van der Waals surface area contributed by atoms with Gasteiger partial charge < -0.3 is 9.73 Å². The van der Waals surface area contributed by atoms with E-state index >= 15 is 0 Å². The molecule has 0 unspecified atom stereocenters. The van der Waals surface area contributed by atoms with E-state index < -0.39 is 10.0 Å². The maximum Gasteiger partial charge on any atom is 0.225 e. The zero-order valence-corrected chi connectivity index (χ0v) is 15.1. The van der Waals surface area contributed by atoms with Crippen molar-refractivity contribution in [3.63, 3.8) is 0 Å². The molecule has 3 rings (SSSR count). The number of nitrogens with one attached hydrogen (secondary N) is 1. The van der Waals surface area contributed by atoms with E-state index in [0.29, 0.717) is 17.0 Å². The van der Waals surface area contributed by atoms with Crippen LogP contribution in [0, 0.1) is 0 Å². The van der Waals surface area contributed by atoms with Crippen LogP contribution in [0.25, 0.3) is 10.9 Å². The van der Waals surface area contributed by atoms with Gasteiger partial charge in [0.05, 0.1) is 30.3 Å². The number of carbonyl (C=O) groups excluding carboxylic acids is 1. The molecule has 0 fully saturated rings. The molecule has 2 heterocycles. The molecule has 0 bridgehead atoms. The number of sulfonamides is 1. The van der Waals surface area contributed by atoms with Gasteiger partial charge in [-0.2, -0.15) is 4.31 Å². The topological polar surface area (TPSA) is 92.5 Å². The Morgan fingerprint density at radius 3 is 2.73 bits per heavy atom. The van der Waals surface area contributed by atoms with E-state index in [1.54, 1.807) is 24.4 Å². The van der Waals surface area contributed by atoms with E-state index in [4.69, 9.17) is 4.42 Å². The average Bonchev–Trinajstić information content (AvgIpc) is 3.11. The number of furan rings is 1. The van der Waals surface area contributed by atoms with Crippen LogP contribution in [0.15, 0.2) is 59.3 Å². The van der Waals surface area contributed by atoms with Crippen LogP contribution < -0.4 is 5.32 Å². The first-order valence-corrected chi connectivity index (χ1v) is 9.89. The average molecular weight is 373 g/mol. The Balaban J connectivity index is 1.66. The monoisotopic (exact) mass is 373 g/mol. The van der Waals surface area contributed by atoms with Crippen LogP contribution in [0.3, 0.4) is 0 Å². The molecule has 0 radical (unpaired) electrons. The maximum absolute atomic E-state index is 12.3. The van der Waals surface area contributed by atoms with Gasteiger partial charge in [-0.05, 0) is 24.3 Å². The summed E-state index contributed by atoms with van der Waals surface area (Å²) in [6, 6.07) is 12.6. The second kappa shape index (κ2) is 7.67. The van der Waals surface area contributed by atoms with Crippen molar-refractivity contribution in [3.05, 3.63) is 60.7 Å². The first kappa shape index (κ1) is 18.1. The summed E-state index contributed by atoms with van der Waals surface area (Å²) in [7, 11) is -3.46. The highest BCUT2D eigenvalue weighted by Gasteiger charge is 2.19. The van der Waals surface area contributed by atoms with Crippen LogP contribution >= 0.6 is 0 Å². The lowest BCUT2D eigenvalue weighted by Crippen LogP contribution is -2.32. The Kier molecular flexibility index (Phi) is 5.34. The number of fused-ring (bicyclic) bond motifs is 1. The molecule has 26 heavy (non-hydrogen) atoms. The van der Waals surface area contributed by atoms with Gasteiger partial charge in [0.15, 0.2) is 0 Å². The SMILES string of the molecule is CS(=O)(=O)N(CCC(=O)Nc1cccc2cccnc12)Cc1ccco1. The van der Waals surface area contributed by atoms with E-state index in [2.05, 4.69) is 10.3 Å². The Hall–Kier alpha value is -2.71. The summed E-state index contributed by atoms with van der Waals surface area (Å²) in [5.74, 6) is 0.241. The summed E-state index contributed by atoms with van der Waals surface area (Å²) in [5, 5.41) is 3.72. The van der Waals surface area contributed by atoms with Crippen molar-refractivity contribution >= 4 is 32.5 Å². The van der Waals surface area contributed by atoms with E-state index in [1.807, 2.05) is 24.3 Å². The van der Waals surface area contributed by atoms with Crippen molar-refractivity contribution in [1.29, 1.82) is 0 Å². The normalized spacial score (nSPS) is 11.8. The number of pyridine rings is 1. The Bertz CT molecular complexity index is 995. The van der Waals surface area contributed by atoms with Crippen LogP contribution in [-0.2, 0) is 21.4 Å². The van der Waals surface area contributed by atoms with Gasteiger partial charge in [0.1, 0.15) is 5.76 Å². The molecule has 1 aromatic carbocycles. The van der Waals surface area contributed by atoms with Gasteiger partial charge in [-0.3, -0.25) is 9.78 Å². The van der Waals surface area contributed by atoms with Crippen molar-refractivity contribution in [2.75, 3.05) is 18.1 Å². The number of benzene rings is 1. The first-order valence-electron chi connectivity index (χ1n) is 8.04. The molecule has 2 aromatic heterocycles. The molecule has 1 N–H and O–H groups in total. The third kappa shape index (κ3) is 4.47. The Labute approximate surface area is 151 Å². The van der Waals surface area contributed by atoms with E-state index in [9.17, 15) is 13.2 Å². The second-order valence-corrected chi connectivity index (χ2v) is 7.84. The third-order valence-corrected chi connectivity index (χ3v) is 5.13. The fourth-order valence-corrected chi connectivity index (χ4v) is 3.37. The van der Waals surface area contributed by atoms with Gasteiger partial charge in [-0.25, -0.2) is 8.42 Å². The first-order chi connectivity index (χ1) is 12.4. The molecule has 8 heteroatoms. The summed E-state index contributed by atoms with van der Waals surface area (Å²) in [4.78, 5) is 16.6. The van der Waals surface area contributed by atoms with Crippen molar-refractivity contribution in [3.8, 4) is 0 Å². The van der Waals surface area contributed by atoms with Gasteiger partial charge in [-0.1, -0.05) is 18.2 Å². The lowest BCUT2D eigenvalue weighted by Gasteiger charge is -2.18. The minimum absolute atomic E-state index is 0.0248. The molecule has 0 saturated heterocycles. The van der Waals surface area contributed by atoms with Gasteiger partial charge >= 0.3 is 0 Å². The summed E-state index contributed by atoms with van der Waals surface area (Å²) in [5.41, 5.74) is 1.30. The van der Waals surface area contributed by atoms with Gasteiger partial charge in [-0.15, -0.1) is 0 Å². The molecule has 0 atom stereocenters. The molecule has 7 nitrogen and oxygen atoms in total. The van der Waals surface area contributed by atoms with E-state index in [1.165, 1.54) is 10.6 Å². The fourth-order valence-electron chi connectivity index (χ4n) is 2.58. The van der Waals surface area contributed by atoms with Gasteiger partial charge in [0.2, 0.25) is 15.9 Å². The number of nitrogens with zero attached hydrogens (tertiary/aromatic N) is 2. The van der Waals surface area contributed by atoms with Crippen molar-refractivity contribution in [1.82, 2.24) is 9.29 Å². The molecule has 0 aliphatic heterocycles. The number of carbonyl (C=O) groups is 1. The summed E-state index contributed by atoms with van der Waals surface area (Å²) >= 11 is 0. The summed E-state index contributed by atoms with van der Waals surface area (Å²) < 4.78 is 30.3. The number of para-hydroxylation sites is 1. The Morgan fingerprint density at radius 2 is 2.00 bits per heavy atom. The molecule has 3 aromatic rings. The van der Waals surface area contributed by atoms with Crippen LogP contribution in [0.5, 0.6) is 0 Å². The van der Waals surface area contributed by atoms with Crippen molar-refractivity contribution in [2.24, 2.45) is 0 Å². The molecule has 0 aliphatic carbocycles. The van der Waals surface area contributed by atoms with Crippen LogP contribution in [0.2, 0.25) is 0 Å². The number of hydrogen-bond acceptors (Lipinski definition) is 5. The minimum Gasteiger partial charge on any atom is -0.468 e. The van der Waals surface area contributed by atoms with Gasteiger partial charge in [0.25, 0.3) is 0 Å². The highest BCUT2D eigenvalue weighted by molar-refractivity contribution is 7.88. The predicted octanol–water partition coefficient (Wildman–Crippen LogP) is 2.62. The number of aromatic nitrogens is 1. The number of hydrogen-bond donors (Lipinski definition) is 1. The van der Waals surface area contributed by atoms with E-state index in [-0.39, 0.29) is 25.4 Å². The lowest BCUT2D eigenvalue weighted by molar-refractivity contribution is -0.116. The summed E-state index contributed by atoms with van der Waals surface area (Å²) in [6.45, 7) is 0.151. The molecule has 136 valence electrons. The fraction of sp³-hybridized carbons (Fsp3) is 0.222. The predicted molar refractivity (Wildman–Crippen MR) is 99.0 cm³/mol. The lowest BCUT2D eigenvalue weighted by atomic mass is 10.2. The molecule has 0 spiro atoms. The summed E-state index contributed by atoms with van der Waals surface area (Å²) in [6.07, 6.45) is 4.28. The molecule has 0 aliphatic rings. The van der Waals surface area contributed by atoms with Crippen LogP contribution in [0.1, 0.15) is 12.2 Å². The molecular weight excluding hydrogens is 354 g/mol. The highest BCUT2D eigenvalue weighted by Crippen LogP contribution is 2.20. The van der Waals surface area contributed by atoms with Crippen LogP contribution in [0.4, 0.5) is 5.69 Å². The zero-order chi connectivity index (χ0) is 18.6. The number of amides is 1. The number of rotatable bonds is 7. The second-order valence-electron chi connectivity index (χ2n) is 5.85. The van der Waals surface area contributed by atoms with Crippen LogP contribution in [-0.4, -0.2) is 36.4 Å². The smallest absolute Gasteiger partial charge is 0.225 e.